The first-order chi connectivity index (χ1) is 8.63. The van der Waals surface area contributed by atoms with Crippen LogP contribution >= 0.6 is 0 Å². The van der Waals surface area contributed by atoms with E-state index in [2.05, 4.69) is 6.07 Å². The zero-order valence-electron chi connectivity index (χ0n) is 11.2. The summed E-state index contributed by atoms with van der Waals surface area (Å²) < 4.78 is 5.53. The quantitative estimate of drug-likeness (QED) is 0.770. The maximum atomic E-state index is 12.0. The lowest BCUT2D eigenvalue weighted by Crippen LogP contribution is -2.41. The molecule has 1 unspecified atom stereocenters. The Kier molecular flexibility index (Phi) is 4.23. The summed E-state index contributed by atoms with van der Waals surface area (Å²) in [6, 6.07) is 2.36. The molecule has 4 heteroatoms. The number of hydrogen-bond acceptors (Lipinski definition) is 3. The molecular formula is C14H22N2O2. The average molecular weight is 250 g/mol. The molecule has 18 heavy (non-hydrogen) atoms. The van der Waals surface area contributed by atoms with E-state index in [-0.39, 0.29) is 11.3 Å². The number of piperidine rings is 1. The molecule has 2 heterocycles. The van der Waals surface area contributed by atoms with Crippen LogP contribution in [-0.2, 0) is 9.53 Å². The van der Waals surface area contributed by atoms with Crippen molar-refractivity contribution < 1.29 is 9.53 Å². The average Bonchev–Trinajstić information content (AvgIpc) is 2.90. The standard InChI is InChI=1S/C14H22N2O2/c1-14(11-15)6-8-16(9-7-14)13(17)5-4-12-3-2-10-18-12/h12H,2-10H2,1H3. The van der Waals surface area contributed by atoms with Gasteiger partial charge in [-0.15, -0.1) is 0 Å². The van der Waals surface area contributed by atoms with E-state index in [4.69, 9.17) is 10.00 Å². The fraction of sp³-hybridized carbons (Fsp3) is 0.857. The zero-order valence-corrected chi connectivity index (χ0v) is 11.2. The number of hydrogen-bond donors (Lipinski definition) is 0. The molecule has 0 bridgehead atoms. The molecule has 0 saturated carbocycles. The minimum absolute atomic E-state index is 0.227. The number of ether oxygens (including phenoxy) is 1. The van der Waals surface area contributed by atoms with Crippen molar-refractivity contribution in [1.82, 2.24) is 4.90 Å². The van der Waals surface area contributed by atoms with Crippen molar-refractivity contribution in [3.8, 4) is 6.07 Å². The Hall–Kier alpha value is -1.08. The molecule has 2 saturated heterocycles. The number of nitrogens with zero attached hydrogens (tertiary/aromatic N) is 2. The van der Waals surface area contributed by atoms with Crippen LogP contribution in [0, 0.1) is 16.7 Å². The SMILES string of the molecule is CC1(C#N)CCN(C(=O)CCC2CCCO2)CC1. The van der Waals surface area contributed by atoms with Gasteiger partial charge in [0.15, 0.2) is 0 Å². The van der Waals surface area contributed by atoms with E-state index in [1.165, 1.54) is 0 Å². The van der Waals surface area contributed by atoms with Crippen LogP contribution in [0.15, 0.2) is 0 Å². The summed E-state index contributed by atoms with van der Waals surface area (Å²) in [6.45, 7) is 4.30. The van der Waals surface area contributed by atoms with Crippen molar-refractivity contribution >= 4 is 5.91 Å². The van der Waals surface area contributed by atoms with E-state index in [0.29, 0.717) is 12.5 Å². The Morgan fingerprint density at radius 3 is 2.78 bits per heavy atom. The van der Waals surface area contributed by atoms with Gasteiger partial charge in [-0.2, -0.15) is 5.26 Å². The predicted molar refractivity (Wildman–Crippen MR) is 67.7 cm³/mol. The summed E-state index contributed by atoms with van der Waals surface area (Å²) in [4.78, 5) is 14.0. The maximum Gasteiger partial charge on any atom is 0.222 e. The summed E-state index contributed by atoms with van der Waals surface area (Å²) in [5.41, 5.74) is -0.231. The summed E-state index contributed by atoms with van der Waals surface area (Å²) >= 11 is 0. The molecule has 0 aliphatic carbocycles. The molecule has 1 atom stereocenters. The third-order valence-corrected chi connectivity index (χ3v) is 4.19. The van der Waals surface area contributed by atoms with Gasteiger partial charge in [0.25, 0.3) is 0 Å². The molecule has 4 nitrogen and oxygen atoms in total. The highest BCUT2D eigenvalue weighted by Gasteiger charge is 2.31. The molecule has 0 aromatic rings. The maximum absolute atomic E-state index is 12.0. The van der Waals surface area contributed by atoms with Crippen LogP contribution in [0.3, 0.4) is 0 Å². The van der Waals surface area contributed by atoms with Gasteiger partial charge in [0.2, 0.25) is 5.91 Å². The van der Waals surface area contributed by atoms with Crippen LogP contribution in [-0.4, -0.2) is 36.6 Å². The fourth-order valence-electron chi connectivity index (χ4n) is 2.68. The lowest BCUT2D eigenvalue weighted by molar-refractivity contribution is -0.133. The zero-order chi connectivity index (χ0) is 13.0. The molecule has 0 aromatic carbocycles. The number of rotatable bonds is 3. The van der Waals surface area contributed by atoms with Gasteiger partial charge in [-0.3, -0.25) is 4.79 Å². The monoisotopic (exact) mass is 250 g/mol. The van der Waals surface area contributed by atoms with Crippen molar-refractivity contribution in [2.75, 3.05) is 19.7 Å². The second-order valence-electron chi connectivity index (χ2n) is 5.73. The van der Waals surface area contributed by atoms with Crippen molar-refractivity contribution in [3.63, 3.8) is 0 Å². The van der Waals surface area contributed by atoms with Crippen molar-refractivity contribution in [2.24, 2.45) is 5.41 Å². The minimum atomic E-state index is -0.231. The summed E-state index contributed by atoms with van der Waals surface area (Å²) in [5.74, 6) is 0.227. The van der Waals surface area contributed by atoms with Gasteiger partial charge in [0.05, 0.1) is 17.6 Å². The van der Waals surface area contributed by atoms with Crippen LogP contribution in [0.5, 0.6) is 0 Å². The highest BCUT2D eigenvalue weighted by atomic mass is 16.5. The van der Waals surface area contributed by atoms with E-state index in [1.54, 1.807) is 0 Å². The van der Waals surface area contributed by atoms with Crippen LogP contribution in [0.25, 0.3) is 0 Å². The normalized spacial score (nSPS) is 26.9. The van der Waals surface area contributed by atoms with E-state index < -0.39 is 0 Å². The summed E-state index contributed by atoms with van der Waals surface area (Å²) in [5, 5.41) is 9.05. The number of carbonyl (C=O) groups excluding carboxylic acids is 1. The molecule has 2 fully saturated rings. The Morgan fingerprint density at radius 1 is 1.50 bits per heavy atom. The van der Waals surface area contributed by atoms with Gasteiger partial charge in [-0.25, -0.2) is 0 Å². The van der Waals surface area contributed by atoms with Crippen LogP contribution in [0.4, 0.5) is 0 Å². The molecule has 0 radical (unpaired) electrons. The first-order valence-corrected chi connectivity index (χ1v) is 6.94. The van der Waals surface area contributed by atoms with Gasteiger partial charge in [-0.05, 0) is 39.0 Å². The van der Waals surface area contributed by atoms with E-state index >= 15 is 0 Å². The highest BCUT2D eigenvalue weighted by molar-refractivity contribution is 5.76. The second-order valence-corrected chi connectivity index (χ2v) is 5.73. The molecule has 2 aliphatic rings. The van der Waals surface area contributed by atoms with Crippen molar-refractivity contribution in [3.05, 3.63) is 0 Å². The number of carbonyl (C=O) groups is 1. The van der Waals surface area contributed by atoms with E-state index in [9.17, 15) is 4.79 Å². The molecule has 2 aliphatic heterocycles. The van der Waals surface area contributed by atoms with Crippen LogP contribution in [0.1, 0.15) is 45.4 Å². The van der Waals surface area contributed by atoms with Gasteiger partial charge < -0.3 is 9.64 Å². The molecule has 1 amide bonds. The van der Waals surface area contributed by atoms with Crippen LogP contribution < -0.4 is 0 Å². The fourth-order valence-corrected chi connectivity index (χ4v) is 2.68. The lowest BCUT2D eigenvalue weighted by atomic mass is 9.82. The highest BCUT2D eigenvalue weighted by Crippen LogP contribution is 2.30. The van der Waals surface area contributed by atoms with Gasteiger partial charge in [-0.1, -0.05) is 0 Å². The van der Waals surface area contributed by atoms with Gasteiger partial charge >= 0.3 is 0 Å². The third kappa shape index (κ3) is 3.23. The van der Waals surface area contributed by atoms with E-state index in [0.717, 1.165) is 51.8 Å². The van der Waals surface area contributed by atoms with Gasteiger partial charge in [0, 0.05) is 26.1 Å². The Bertz CT molecular complexity index is 334. The topological polar surface area (TPSA) is 53.3 Å². The molecule has 0 spiro atoms. The number of likely N-dealkylation sites (tertiary alicyclic amines) is 1. The lowest BCUT2D eigenvalue weighted by Gasteiger charge is -2.35. The Balaban J connectivity index is 1.72. The molecule has 0 aromatic heterocycles. The molecular weight excluding hydrogens is 228 g/mol. The predicted octanol–water partition coefficient (Wildman–Crippen LogP) is 2.10. The smallest absolute Gasteiger partial charge is 0.222 e. The van der Waals surface area contributed by atoms with Crippen molar-refractivity contribution in [2.45, 2.75) is 51.6 Å². The largest absolute Gasteiger partial charge is 0.378 e. The summed E-state index contributed by atoms with van der Waals surface area (Å²) in [7, 11) is 0. The van der Waals surface area contributed by atoms with E-state index in [1.807, 2.05) is 11.8 Å². The molecule has 0 N–H and O–H groups in total. The summed E-state index contributed by atoms with van der Waals surface area (Å²) in [6.07, 6.45) is 5.56. The number of nitriles is 1. The molecule has 2 rings (SSSR count). The molecule has 100 valence electrons. The van der Waals surface area contributed by atoms with Crippen molar-refractivity contribution in [1.29, 1.82) is 5.26 Å². The third-order valence-electron chi connectivity index (χ3n) is 4.19. The first kappa shape index (κ1) is 13.4. The first-order valence-electron chi connectivity index (χ1n) is 6.94. The number of amides is 1. The van der Waals surface area contributed by atoms with Gasteiger partial charge in [0.1, 0.15) is 0 Å². The Morgan fingerprint density at radius 2 is 2.22 bits per heavy atom. The minimum Gasteiger partial charge on any atom is -0.378 e. The second kappa shape index (κ2) is 5.71. The van der Waals surface area contributed by atoms with Crippen LogP contribution in [0.2, 0.25) is 0 Å². The Labute approximate surface area is 109 Å².